The van der Waals surface area contributed by atoms with E-state index >= 15 is 0 Å². The number of nitrogens with one attached hydrogen (secondary N) is 1. The van der Waals surface area contributed by atoms with Crippen LogP contribution in [0.5, 0.6) is 17.2 Å². The second-order valence-corrected chi connectivity index (χ2v) is 22.1. The van der Waals surface area contributed by atoms with Crippen LogP contribution in [0.2, 0.25) is 0 Å². The lowest BCUT2D eigenvalue weighted by Crippen LogP contribution is -2.24. The molecular formula is C45H61NO3S2. The summed E-state index contributed by atoms with van der Waals surface area (Å²) in [5, 5.41) is 22.8. The number of hydrogen-bond donors (Lipinski definition) is 2. The number of aromatic hydroxyl groups is 1. The van der Waals surface area contributed by atoms with Gasteiger partial charge in [0.05, 0.1) is 17.1 Å². The van der Waals surface area contributed by atoms with Gasteiger partial charge in [-0.3, -0.25) is 5.41 Å². The van der Waals surface area contributed by atoms with Crippen LogP contribution in [-0.2, 0) is 21.7 Å². The lowest BCUT2D eigenvalue weighted by atomic mass is 9.79. The van der Waals surface area contributed by atoms with Crippen LogP contribution in [0.3, 0.4) is 0 Å². The lowest BCUT2D eigenvalue weighted by Gasteiger charge is -2.33. The summed E-state index contributed by atoms with van der Waals surface area (Å²) in [5.74, 6) is 2.02. The molecule has 0 aromatic heterocycles. The number of benzene rings is 4. The van der Waals surface area contributed by atoms with E-state index in [0.717, 1.165) is 55.0 Å². The van der Waals surface area contributed by atoms with E-state index in [1.807, 2.05) is 42.6 Å². The van der Waals surface area contributed by atoms with Crippen molar-refractivity contribution in [3.05, 3.63) is 88.5 Å². The predicted octanol–water partition coefficient (Wildman–Crippen LogP) is 13.5. The monoisotopic (exact) mass is 727 g/mol. The van der Waals surface area contributed by atoms with Crippen molar-refractivity contribution in [1.82, 2.24) is 0 Å². The Kier molecular flexibility index (Phi) is 11.5. The third-order valence-electron chi connectivity index (χ3n) is 9.28. The Bertz CT molecular complexity index is 1840. The van der Waals surface area contributed by atoms with Crippen LogP contribution in [-0.4, -0.2) is 22.2 Å². The van der Waals surface area contributed by atoms with Gasteiger partial charge in [-0.25, -0.2) is 0 Å². The molecule has 2 N–H and O–H groups in total. The van der Waals surface area contributed by atoms with Crippen LogP contribution in [0.15, 0.2) is 70.5 Å². The largest absolute Gasteiger partial charge is 0.507 e. The fraction of sp³-hybridized carbons (Fsp3) is 0.489. The maximum Gasteiger partial charge on any atom is 0.194 e. The van der Waals surface area contributed by atoms with Gasteiger partial charge in [-0.2, -0.15) is 0 Å². The van der Waals surface area contributed by atoms with Crippen molar-refractivity contribution in [2.24, 2.45) is 0 Å². The van der Waals surface area contributed by atoms with Crippen molar-refractivity contribution in [1.29, 1.82) is 5.41 Å². The van der Waals surface area contributed by atoms with Crippen LogP contribution < -0.4 is 9.47 Å². The van der Waals surface area contributed by atoms with Gasteiger partial charge in [0.1, 0.15) is 17.2 Å². The maximum atomic E-state index is 11.3. The molecule has 4 aromatic rings. The molecule has 0 heterocycles. The molecule has 4 aromatic carbocycles. The Balaban J connectivity index is 1.72. The van der Waals surface area contributed by atoms with Crippen molar-refractivity contribution < 1.29 is 14.6 Å². The first-order valence-corrected chi connectivity index (χ1v) is 19.6. The molecule has 0 spiro atoms. The molecule has 4 rings (SSSR count). The molecule has 0 aliphatic rings. The minimum Gasteiger partial charge on any atom is -0.507 e. The first-order chi connectivity index (χ1) is 23.2. The average molecular weight is 728 g/mol. The standard InChI is InChI=1S/C45H61NO3S2/c1-27(28-17-18-30-22-31(48-16)20-19-29(30)21-28)40(46)49-39-36(43(8,9)10)25-33(26-37(39)44(11,12)13)51-45(14,15)50-32-23-34(41(2,3)4)38(47)35(24-32)42(5,6)7/h17-27,46-47H,1-16H3/t27-/m0/s1. The zero-order valence-corrected chi connectivity index (χ0v) is 35.6. The summed E-state index contributed by atoms with van der Waals surface area (Å²) in [6, 6.07) is 21.3. The smallest absolute Gasteiger partial charge is 0.194 e. The average Bonchev–Trinajstić information content (AvgIpc) is 2.98. The van der Waals surface area contributed by atoms with Gasteiger partial charge in [0.25, 0.3) is 0 Å². The zero-order chi connectivity index (χ0) is 38.5. The molecule has 0 fully saturated rings. The second-order valence-electron chi connectivity index (χ2n) is 18.5. The fourth-order valence-corrected chi connectivity index (χ4v) is 8.86. The molecule has 0 saturated heterocycles. The van der Waals surface area contributed by atoms with Gasteiger partial charge in [-0.05, 0) is 95.2 Å². The van der Waals surface area contributed by atoms with Gasteiger partial charge in [0.15, 0.2) is 5.90 Å². The van der Waals surface area contributed by atoms with Crippen LogP contribution >= 0.6 is 23.5 Å². The number of fused-ring (bicyclic) bond motifs is 1. The molecule has 276 valence electrons. The van der Waals surface area contributed by atoms with Crippen LogP contribution in [0.4, 0.5) is 0 Å². The maximum absolute atomic E-state index is 11.3. The lowest BCUT2D eigenvalue weighted by molar-refractivity contribution is 0.415. The highest BCUT2D eigenvalue weighted by molar-refractivity contribution is 8.18. The molecule has 0 saturated carbocycles. The number of phenols is 1. The van der Waals surface area contributed by atoms with Crippen LogP contribution in [0.1, 0.15) is 138 Å². The van der Waals surface area contributed by atoms with Crippen LogP contribution in [0, 0.1) is 5.41 Å². The number of methoxy groups -OCH3 is 1. The normalized spacial score (nSPS) is 13.7. The molecule has 0 bridgehead atoms. The van der Waals surface area contributed by atoms with E-state index in [0.29, 0.717) is 5.75 Å². The van der Waals surface area contributed by atoms with Crippen LogP contribution in [0.25, 0.3) is 10.8 Å². The van der Waals surface area contributed by atoms with Gasteiger partial charge in [-0.15, -0.1) is 23.5 Å². The number of ether oxygens (including phenoxy) is 2. The summed E-state index contributed by atoms with van der Waals surface area (Å²) in [7, 11) is 1.68. The highest BCUT2D eigenvalue weighted by atomic mass is 32.2. The SMILES string of the molecule is COc1ccc2cc([C@H](C)C(=N)Oc3c(C(C)(C)C)cc(SC(C)(C)Sc4cc(C(C)(C)C)c(O)c(C(C)(C)C)c4)cc3C(C)(C)C)ccc2c1. The molecule has 0 aliphatic carbocycles. The predicted molar refractivity (Wildman–Crippen MR) is 222 cm³/mol. The molecule has 0 amide bonds. The minimum atomic E-state index is -0.234. The molecule has 1 atom stereocenters. The molecule has 6 heteroatoms. The van der Waals surface area contributed by atoms with Crippen molar-refractivity contribution in [2.45, 2.75) is 145 Å². The van der Waals surface area contributed by atoms with Crippen molar-refractivity contribution in [2.75, 3.05) is 7.11 Å². The van der Waals surface area contributed by atoms with Crippen molar-refractivity contribution >= 4 is 40.2 Å². The molecular weight excluding hydrogens is 667 g/mol. The topological polar surface area (TPSA) is 62.5 Å². The van der Waals surface area contributed by atoms with E-state index < -0.39 is 0 Å². The Morgan fingerprint density at radius 2 is 1.02 bits per heavy atom. The van der Waals surface area contributed by atoms with E-state index in [1.54, 1.807) is 7.11 Å². The fourth-order valence-electron chi connectivity index (χ4n) is 6.27. The highest BCUT2D eigenvalue weighted by Gasteiger charge is 2.33. The van der Waals surface area contributed by atoms with Gasteiger partial charge in [-0.1, -0.05) is 107 Å². The molecule has 51 heavy (non-hydrogen) atoms. The summed E-state index contributed by atoms with van der Waals surface area (Å²) < 4.78 is 11.9. The van der Waals surface area contributed by atoms with E-state index in [2.05, 4.69) is 145 Å². The highest BCUT2D eigenvalue weighted by Crippen LogP contribution is 2.51. The zero-order valence-electron chi connectivity index (χ0n) is 33.9. The second kappa shape index (κ2) is 14.4. The van der Waals surface area contributed by atoms with E-state index in [9.17, 15) is 10.5 Å². The third-order valence-corrected chi connectivity index (χ3v) is 11.7. The molecule has 4 nitrogen and oxygen atoms in total. The van der Waals surface area contributed by atoms with E-state index in [4.69, 9.17) is 9.47 Å². The number of rotatable bonds is 8. The first kappa shape index (κ1) is 40.7. The summed E-state index contributed by atoms with van der Waals surface area (Å²) >= 11 is 3.68. The van der Waals surface area contributed by atoms with Crippen molar-refractivity contribution in [3.8, 4) is 17.2 Å². The van der Waals surface area contributed by atoms with Crippen molar-refractivity contribution in [3.63, 3.8) is 0 Å². The molecule has 0 aliphatic heterocycles. The summed E-state index contributed by atoms with van der Waals surface area (Å²) in [4.78, 5) is 2.33. The number of thioether (sulfide) groups is 2. The summed E-state index contributed by atoms with van der Waals surface area (Å²) in [6.45, 7) is 32.9. The molecule has 0 unspecified atom stereocenters. The Labute approximate surface area is 317 Å². The Morgan fingerprint density at radius 1 is 0.608 bits per heavy atom. The van der Waals surface area contributed by atoms with Gasteiger partial charge < -0.3 is 14.6 Å². The molecule has 0 radical (unpaired) electrons. The van der Waals surface area contributed by atoms with E-state index in [-0.39, 0.29) is 37.6 Å². The minimum absolute atomic E-state index is 0.190. The first-order valence-electron chi connectivity index (χ1n) is 18.0. The summed E-state index contributed by atoms with van der Waals surface area (Å²) in [6.07, 6.45) is 0. The number of phenolic OH excluding ortho intramolecular Hbond substituents is 1. The van der Waals surface area contributed by atoms with Gasteiger partial charge in [0, 0.05) is 32.0 Å². The Hall–Kier alpha value is -3.09. The number of hydrogen-bond acceptors (Lipinski definition) is 6. The Morgan fingerprint density at radius 3 is 1.45 bits per heavy atom. The third kappa shape index (κ3) is 9.67. The van der Waals surface area contributed by atoms with Gasteiger partial charge in [0.2, 0.25) is 0 Å². The van der Waals surface area contributed by atoms with E-state index in [1.165, 1.54) is 4.90 Å². The van der Waals surface area contributed by atoms with Gasteiger partial charge >= 0.3 is 0 Å². The quantitative estimate of drug-likeness (QED) is 0.0819. The summed E-state index contributed by atoms with van der Waals surface area (Å²) in [5.41, 5.74) is 4.34.